The molecule has 0 aliphatic carbocycles. The molecule has 0 aromatic heterocycles. The van der Waals surface area contributed by atoms with E-state index in [-0.39, 0.29) is 17.9 Å². The second kappa shape index (κ2) is 8.93. The Hall–Kier alpha value is -1.53. The first kappa shape index (κ1) is 17.8. The Morgan fingerprint density at radius 3 is 2.57 bits per heavy atom. The highest BCUT2D eigenvalue weighted by atomic mass is 32.2. The Kier molecular flexibility index (Phi) is 6.92. The topological polar surface area (TPSA) is 75.4 Å². The second-order valence-electron chi connectivity index (χ2n) is 5.84. The average Bonchev–Trinajstić information content (AvgIpc) is 2.59. The fourth-order valence-corrected chi connectivity index (χ4v) is 3.14. The molecule has 1 atom stereocenters. The van der Waals surface area contributed by atoms with Crippen LogP contribution in [0.15, 0.2) is 30.3 Å². The number of nitrogens with two attached hydrogens (primary N) is 1. The maximum absolute atomic E-state index is 12.7. The standard InChI is InChI=1S/C17H25N3O2S/c1-23-12-9-15(17(22)20-10-7-14(18)8-11-20)19-16(21)13-5-3-2-4-6-13/h2-6,14-15H,7-12,18H2,1H3,(H,19,21). The number of hydrogen-bond donors (Lipinski definition) is 2. The SMILES string of the molecule is CSCCC(NC(=O)c1ccccc1)C(=O)N1CCC(N)CC1. The number of thioether (sulfide) groups is 1. The molecule has 1 aromatic rings. The molecule has 1 aliphatic rings. The number of nitrogens with one attached hydrogen (secondary N) is 1. The normalized spacial score (nSPS) is 16.9. The van der Waals surface area contributed by atoms with Gasteiger partial charge in [-0.2, -0.15) is 11.8 Å². The summed E-state index contributed by atoms with van der Waals surface area (Å²) in [6.07, 6.45) is 4.29. The van der Waals surface area contributed by atoms with E-state index in [1.165, 1.54) is 0 Å². The van der Waals surface area contributed by atoms with Gasteiger partial charge in [-0.1, -0.05) is 18.2 Å². The number of nitrogens with zero attached hydrogens (tertiary/aromatic N) is 1. The molecule has 0 bridgehead atoms. The molecule has 6 heteroatoms. The summed E-state index contributed by atoms with van der Waals surface area (Å²) in [6.45, 7) is 1.36. The first-order valence-corrected chi connectivity index (χ1v) is 9.40. The van der Waals surface area contributed by atoms with E-state index in [1.54, 1.807) is 23.9 Å². The lowest BCUT2D eigenvalue weighted by molar-refractivity contribution is -0.134. The molecule has 2 rings (SSSR count). The van der Waals surface area contributed by atoms with Gasteiger partial charge in [0.15, 0.2) is 0 Å². The summed E-state index contributed by atoms with van der Waals surface area (Å²) in [5.74, 6) is 0.646. The Morgan fingerprint density at radius 1 is 1.30 bits per heavy atom. The van der Waals surface area contributed by atoms with Crippen LogP contribution in [0.4, 0.5) is 0 Å². The molecule has 1 unspecified atom stereocenters. The molecule has 1 fully saturated rings. The van der Waals surface area contributed by atoms with Crippen molar-refractivity contribution in [2.24, 2.45) is 5.73 Å². The van der Waals surface area contributed by atoms with E-state index in [0.29, 0.717) is 25.1 Å². The van der Waals surface area contributed by atoms with Crippen molar-refractivity contribution in [3.05, 3.63) is 35.9 Å². The van der Waals surface area contributed by atoms with Gasteiger partial charge in [0.2, 0.25) is 5.91 Å². The summed E-state index contributed by atoms with van der Waals surface area (Å²) in [6, 6.07) is 8.73. The summed E-state index contributed by atoms with van der Waals surface area (Å²) in [5.41, 5.74) is 6.48. The molecule has 0 saturated carbocycles. The summed E-state index contributed by atoms with van der Waals surface area (Å²) in [5, 5.41) is 2.90. The van der Waals surface area contributed by atoms with Gasteiger partial charge in [0, 0.05) is 24.7 Å². The fraction of sp³-hybridized carbons (Fsp3) is 0.529. The van der Waals surface area contributed by atoms with Gasteiger partial charge in [-0.05, 0) is 43.4 Å². The Labute approximate surface area is 142 Å². The Morgan fingerprint density at radius 2 is 1.96 bits per heavy atom. The van der Waals surface area contributed by atoms with E-state index in [4.69, 9.17) is 5.73 Å². The first-order valence-electron chi connectivity index (χ1n) is 8.01. The maximum atomic E-state index is 12.7. The van der Waals surface area contributed by atoms with Crippen LogP contribution in [0, 0.1) is 0 Å². The molecule has 0 spiro atoms. The molecule has 3 N–H and O–H groups in total. The van der Waals surface area contributed by atoms with Crippen molar-refractivity contribution in [1.29, 1.82) is 0 Å². The third-order valence-electron chi connectivity index (χ3n) is 4.10. The largest absolute Gasteiger partial charge is 0.341 e. The Bertz CT molecular complexity index is 516. The Balaban J connectivity index is 2.01. The van der Waals surface area contributed by atoms with E-state index >= 15 is 0 Å². The van der Waals surface area contributed by atoms with E-state index in [2.05, 4.69) is 5.32 Å². The molecular formula is C17H25N3O2S. The van der Waals surface area contributed by atoms with Gasteiger partial charge in [0.25, 0.3) is 5.91 Å². The van der Waals surface area contributed by atoms with Crippen LogP contribution >= 0.6 is 11.8 Å². The lowest BCUT2D eigenvalue weighted by atomic mass is 10.0. The summed E-state index contributed by atoms with van der Waals surface area (Å²) in [4.78, 5) is 26.9. The molecule has 1 saturated heterocycles. The number of benzene rings is 1. The predicted octanol–water partition coefficient (Wildman–Crippen LogP) is 1.49. The zero-order valence-corrected chi connectivity index (χ0v) is 14.3. The van der Waals surface area contributed by atoms with Crippen LogP contribution in [0.1, 0.15) is 29.6 Å². The van der Waals surface area contributed by atoms with Crippen LogP contribution in [0.3, 0.4) is 0 Å². The average molecular weight is 335 g/mol. The van der Waals surface area contributed by atoms with Crippen molar-refractivity contribution in [1.82, 2.24) is 10.2 Å². The number of hydrogen-bond acceptors (Lipinski definition) is 4. The van der Waals surface area contributed by atoms with Crippen LogP contribution in [0.5, 0.6) is 0 Å². The zero-order chi connectivity index (χ0) is 16.7. The summed E-state index contributed by atoms with van der Waals surface area (Å²) < 4.78 is 0. The highest BCUT2D eigenvalue weighted by Crippen LogP contribution is 2.12. The van der Waals surface area contributed by atoms with Crippen molar-refractivity contribution >= 4 is 23.6 Å². The smallest absolute Gasteiger partial charge is 0.251 e. The zero-order valence-electron chi connectivity index (χ0n) is 13.5. The van der Waals surface area contributed by atoms with Crippen LogP contribution < -0.4 is 11.1 Å². The molecule has 1 aromatic carbocycles. The number of carbonyl (C=O) groups excluding carboxylic acids is 2. The highest BCUT2D eigenvalue weighted by Gasteiger charge is 2.28. The maximum Gasteiger partial charge on any atom is 0.251 e. The van der Waals surface area contributed by atoms with E-state index in [0.717, 1.165) is 18.6 Å². The monoisotopic (exact) mass is 335 g/mol. The van der Waals surface area contributed by atoms with Gasteiger partial charge in [-0.3, -0.25) is 9.59 Å². The van der Waals surface area contributed by atoms with E-state index in [9.17, 15) is 9.59 Å². The second-order valence-corrected chi connectivity index (χ2v) is 6.82. The van der Waals surface area contributed by atoms with Gasteiger partial charge in [-0.15, -0.1) is 0 Å². The predicted molar refractivity (Wildman–Crippen MR) is 94.5 cm³/mol. The van der Waals surface area contributed by atoms with Gasteiger partial charge in [-0.25, -0.2) is 0 Å². The molecule has 23 heavy (non-hydrogen) atoms. The van der Waals surface area contributed by atoms with Gasteiger partial charge < -0.3 is 16.0 Å². The van der Waals surface area contributed by atoms with Crippen molar-refractivity contribution in [3.63, 3.8) is 0 Å². The molecule has 0 radical (unpaired) electrons. The summed E-state index contributed by atoms with van der Waals surface area (Å²) in [7, 11) is 0. The number of likely N-dealkylation sites (tertiary alicyclic amines) is 1. The molecule has 5 nitrogen and oxygen atoms in total. The minimum Gasteiger partial charge on any atom is -0.341 e. The third kappa shape index (κ3) is 5.25. The van der Waals surface area contributed by atoms with Crippen molar-refractivity contribution in [3.8, 4) is 0 Å². The van der Waals surface area contributed by atoms with Gasteiger partial charge in [0.05, 0.1) is 0 Å². The third-order valence-corrected chi connectivity index (χ3v) is 4.75. The molecule has 126 valence electrons. The van der Waals surface area contributed by atoms with Crippen LogP contribution in [0.25, 0.3) is 0 Å². The molecule has 1 aliphatic heterocycles. The quantitative estimate of drug-likeness (QED) is 0.826. The van der Waals surface area contributed by atoms with E-state index in [1.807, 2.05) is 29.4 Å². The number of rotatable bonds is 6. The minimum atomic E-state index is -0.468. The fourth-order valence-electron chi connectivity index (χ4n) is 2.66. The van der Waals surface area contributed by atoms with Crippen molar-refractivity contribution < 1.29 is 9.59 Å². The number of amides is 2. The molecule has 2 amide bonds. The summed E-state index contributed by atoms with van der Waals surface area (Å²) >= 11 is 1.68. The van der Waals surface area contributed by atoms with E-state index < -0.39 is 6.04 Å². The minimum absolute atomic E-state index is 0.00947. The molecular weight excluding hydrogens is 310 g/mol. The number of carbonyl (C=O) groups is 2. The first-order chi connectivity index (χ1) is 11.1. The van der Waals surface area contributed by atoms with Crippen LogP contribution in [-0.4, -0.2) is 53.9 Å². The van der Waals surface area contributed by atoms with Crippen molar-refractivity contribution in [2.45, 2.75) is 31.3 Å². The van der Waals surface area contributed by atoms with Crippen molar-refractivity contribution in [2.75, 3.05) is 25.1 Å². The van der Waals surface area contributed by atoms with Gasteiger partial charge in [0.1, 0.15) is 6.04 Å². The number of piperidine rings is 1. The van der Waals surface area contributed by atoms with Crippen LogP contribution in [0.2, 0.25) is 0 Å². The molecule has 1 heterocycles. The lowest BCUT2D eigenvalue weighted by Gasteiger charge is -2.33. The lowest BCUT2D eigenvalue weighted by Crippen LogP contribution is -2.52. The highest BCUT2D eigenvalue weighted by molar-refractivity contribution is 7.98. The van der Waals surface area contributed by atoms with Crippen LogP contribution in [-0.2, 0) is 4.79 Å². The van der Waals surface area contributed by atoms with Gasteiger partial charge >= 0.3 is 0 Å².